The number of hydrogen-bond donors (Lipinski definition) is 1. The largest absolute Gasteiger partial charge is 0.363 e. The third-order valence-electron chi connectivity index (χ3n) is 4.50. The smallest absolute Gasteiger partial charge is 0.228 e. The average molecular weight is 327 g/mol. The molecule has 2 heterocycles. The minimum atomic E-state index is 0.160. The van der Waals surface area contributed by atoms with Crippen LogP contribution in [0.5, 0.6) is 0 Å². The van der Waals surface area contributed by atoms with Crippen molar-refractivity contribution >= 4 is 17.4 Å². The maximum atomic E-state index is 12.3. The van der Waals surface area contributed by atoms with Crippen molar-refractivity contribution in [2.24, 2.45) is 7.05 Å². The lowest BCUT2D eigenvalue weighted by Crippen LogP contribution is -2.33. The van der Waals surface area contributed by atoms with Crippen LogP contribution in [0, 0.1) is 6.92 Å². The van der Waals surface area contributed by atoms with Gasteiger partial charge in [0.2, 0.25) is 5.91 Å². The number of amides is 1. The van der Waals surface area contributed by atoms with Crippen molar-refractivity contribution in [1.82, 2.24) is 15.1 Å². The molecule has 1 amide bonds. The number of rotatable bonds is 5. The molecule has 1 aromatic carbocycles. The summed E-state index contributed by atoms with van der Waals surface area (Å²) in [5.74, 6) is 1.28. The number of aryl methyl sites for hydroxylation is 2. The molecule has 1 saturated heterocycles. The third kappa shape index (κ3) is 3.14. The number of carbonyl (C=O) groups is 1. The summed E-state index contributed by atoms with van der Waals surface area (Å²) in [4.78, 5) is 16.2. The summed E-state index contributed by atoms with van der Waals surface area (Å²) in [5.41, 5.74) is 3.18. The molecule has 0 spiro atoms. The maximum Gasteiger partial charge on any atom is 0.228 e. The predicted octanol–water partition coefficient (Wildman–Crippen LogP) is 1.69. The van der Waals surface area contributed by atoms with Gasteiger partial charge in [-0.05, 0) is 19.1 Å². The van der Waals surface area contributed by atoms with Gasteiger partial charge in [0.05, 0.1) is 5.69 Å². The van der Waals surface area contributed by atoms with E-state index in [2.05, 4.69) is 15.3 Å². The molecule has 0 saturated carbocycles. The minimum absolute atomic E-state index is 0.160. The molecule has 1 aliphatic heterocycles. The van der Waals surface area contributed by atoms with Gasteiger partial charge >= 0.3 is 0 Å². The molecule has 6 heteroatoms. The van der Waals surface area contributed by atoms with Crippen molar-refractivity contribution in [3.8, 4) is 0 Å². The molecule has 1 unspecified atom stereocenters. The number of hydrogen-bond acceptors (Lipinski definition) is 4. The van der Waals surface area contributed by atoms with Crippen molar-refractivity contribution in [3.05, 3.63) is 41.6 Å². The van der Waals surface area contributed by atoms with E-state index in [1.165, 1.54) is 5.56 Å². The zero-order chi connectivity index (χ0) is 17.3. The Bertz CT molecular complexity index is 723. The number of carbonyl (C=O) groups excluding carboxylic acids is 1. The Kier molecular flexibility index (Phi) is 4.57. The molecular formula is C18H25N5O. The maximum absolute atomic E-state index is 12.3. The van der Waals surface area contributed by atoms with Gasteiger partial charge in [-0.25, -0.2) is 0 Å². The summed E-state index contributed by atoms with van der Waals surface area (Å²) in [7, 11) is 6.01. The predicted molar refractivity (Wildman–Crippen MR) is 96.3 cm³/mol. The lowest BCUT2D eigenvalue weighted by atomic mass is 10.2. The summed E-state index contributed by atoms with van der Waals surface area (Å²) < 4.78 is 1.91. The lowest BCUT2D eigenvalue weighted by molar-refractivity contribution is -0.117. The molecule has 1 aromatic heterocycles. The number of anilines is 2. The van der Waals surface area contributed by atoms with Gasteiger partial charge in [0.15, 0.2) is 0 Å². The van der Waals surface area contributed by atoms with Crippen molar-refractivity contribution in [1.29, 1.82) is 0 Å². The molecule has 0 bridgehead atoms. The van der Waals surface area contributed by atoms with Crippen LogP contribution in [0.25, 0.3) is 0 Å². The van der Waals surface area contributed by atoms with Crippen molar-refractivity contribution < 1.29 is 4.79 Å². The fraction of sp³-hybridized carbons (Fsp3) is 0.444. The van der Waals surface area contributed by atoms with Crippen LogP contribution in [-0.2, 0) is 18.4 Å². The Morgan fingerprint density at radius 1 is 1.29 bits per heavy atom. The summed E-state index contributed by atoms with van der Waals surface area (Å²) >= 11 is 0. The first-order valence-electron chi connectivity index (χ1n) is 8.26. The molecular weight excluding hydrogens is 302 g/mol. The van der Waals surface area contributed by atoms with Gasteiger partial charge in [-0.1, -0.05) is 18.2 Å². The minimum Gasteiger partial charge on any atom is -0.363 e. The Morgan fingerprint density at radius 2 is 2.00 bits per heavy atom. The zero-order valence-electron chi connectivity index (χ0n) is 14.8. The zero-order valence-corrected chi connectivity index (χ0v) is 14.8. The van der Waals surface area contributed by atoms with Crippen molar-refractivity contribution in [3.63, 3.8) is 0 Å². The van der Waals surface area contributed by atoms with E-state index in [0.29, 0.717) is 19.5 Å². The van der Waals surface area contributed by atoms with Gasteiger partial charge in [0, 0.05) is 57.9 Å². The van der Waals surface area contributed by atoms with Crippen LogP contribution in [0.3, 0.4) is 0 Å². The first-order valence-corrected chi connectivity index (χ1v) is 8.26. The van der Waals surface area contributed by atoms with E-state index in [1.807, 2.05) is 68.0 Å². The van der Waals surface area contributed by atoms with E-state index in [0.717, 1.165) is 17.2 Å². The van der Waals surface area contributed by atoms with E-state index in [4.69, 9.17) is 0 Å². The molecule has 128 valence electrons. The van der Waals surface area contributed by atoms with Crippen molar-refractivity contribution in [2.45, 2.75) is 25.9 Å². The molecule has 3 rings (SSSR count). The van der Waals surface area contributed by atoms with Crippen LogP contribution >= 0.6 is 0 Å². The highest BCUT2D eigenvalue weighted by Gasteiger charge is 2.30. The molecule has 2 aromatic rings. The average Bonchev–Trinajstić information content (AvgIpc) is 3.05. The fourth-order valence-electron chi connectivity index (χ4n) is 3.40. The second-order valence-electron chi connectivity index (χ2n) is 6.53. The molecule has 24 heavy (non-hydrogen) atoms. The van der Waals surface area contributed by atoms with Gasteiger partial charge in [-0.3, -0.25) is 9.48 Å². The Hall–Kier alpha value is -2.34. The second kappa shape index (κ2) is 6.65. The normalized spacial score (nSPS) is 17.6. The fourth-order valence-corrected chi connectivity index (χ4v) is 3.40. The van der Waals surface area contributed by atoms with Crippen LogP contribution in [0.15, 0.2) is 30.3 Å². The van der Waals surface area contributed by atoms with E-state index >= 15 is 0 Å². The van der Waals surface area contributed by atoms with Gasteiger partial charge in [-0.15, -0.1) is 0 Å². The first kappa shape index (κ1) is 16.5. The first-order chi connectivity index (χ1) is 11.5. The molecule has 0 aliphatic carbocycles. The van der Waals surface area contributed by atoms with Gasteiger partial charge in [-0.2, -0.15) is 5.10 Å². The topological polar surface area (TPSA) is 53.4 Å². The molecule has 1 fully saturated rings. The van der Waals surface area contributed by atoms with Crippen LogP contribution in [0.2, 0.25) is 0 Å². The van der Waals surface area contributed by atoms with E-state index < -0.39 is 0 Å². The van der Waals surface area contributed by atoms with Gasteiger partial charge in [0.1, 0.15) is 5.82 Å². The summed E-state index contributed by atoms with van der Waals surface area (Å²) in [6.45, 7) is 3.45. The summed E-state index contributed by atoms with van der Waals surface area (Å²) in [5, 5.41) is 8.05. The van der Waals surface area contributed by atoms with Gasteiger partial charge in [0.25, 0.3) is 0 Å². The second-order valence-corrected chi connectivity index (χ2v) is 6.53. The number of aromatic nitrogens is 2. The number of nitrogens with zero attached hydrogens (tertiary/aromatic N) is 4. The highest BCUT2D eigenvalue weighted by atomic mass is 16.2. The highest BCUT2D eigenvalue weighted by molar-refractivity contribution is 5.96. The molecule has 1 N–H and O–H groups in total. The molecule has 6 nitrogen and oxygen atoms in total. The molecule has 0 radical (unpaired) electrons. The Morgan fingerprint density at radius 3 is 2.67 bits per heavy atom. The van der Waals surface area contributed by atoms with Crippen LogP contribution in [0.1, 0.15) is 17.7 Å². The molecule has 1 atom stereocenters. The quantitative estimate of drug-likeness (QED) is 0.908. The highest BCUT2D eigenvalue weighted by Crippen LogP contribution is 2.24. The lowest BCUT2D eigenvalue weighted by Gasteiger charge is -2.18. The van der Waals surface area contributed by atoms with Gasteiger partial charge < -0.3 is 15.1 Å². The standard InChI is InChI=1S/C18H25N5O/c1-13-16(18(21(2)3)22(4)20-13)11-19-14-10-17(24)23(12-14)15-8-6-5-7-9-15/h5-9,14,19H,10-12H2,1-4H3. The monoisotopic (exact) mass is 327 g/mol. The van der Waals surface area contributed by atoms with Crippen molar-refractivity contribution in [2.75, 3.05) is 30.4 Å². The number of para-hydroxylation sites is 1. The van der Waals surface area contributed by atoms with Crippen LogP contribution < -0.4 is 15.1 Å². The molecule has 1 aliphatic rings. The summed E-state index contributed by atoms with van der Waals surface area (Å²) in [6, 6.07) is 10.0. The third-order valence-corrected chi connectivity index (χ3v) is 4.50. The van der Waals surface area contributed by atoms with E-state index in [-0.39, 0.29) is 11.9 Å². The Labute approximate surface area is 143 Å². The Balaban J connectivity index is 1.68. The van der Waals surface area contributed by atoms with Crippen LogP contribution in [0.4, 0.5) is 11.5 Å². The van der Waals surface area contributed by atoms with Crippen LogP contribution in [-0.4, -0.2) is 42.4 Å². The summed E-state index contributed by atoms with van der Waals surface area (Å²) in [6.07, 6.45) is 0.533. The van der Waals surface area contributed by atoms with E-state index in [1.54, 1.807) is 0 Å². The SMILES string of the molecule is Cc1nn(C)c(N(C)C)c1CNC1CC(=O)N(c2ccccc2)C1. The number of nitrogens with one attached hydrogen (secondary N) is 1. The van der Waals surface area contributed by atoms with E-state index in [9.17, 15) is 4.79 Å². The number of benzene rings is 1.